The maximum Gasteiger partial charge on any atom is 0.272 e. The van der Waals surface area contributed by atoms with Crippen LogP contribution < -0.4 is 5.32 Å². The van der Waals surface area contributed by atoms with Crippen LogP contribution in [-0.4, -0.2) is 21.5 Å². The third kappa shape index (κ3) is 2.82. The molecule has 0 spiro atoms. The molecular formula is C9H11N3OS. The van der Waals surface area contributed by atoms with Crippen molar-refractivity contribution in [1.29, 1.82) is 0 Å². The van der Waals surface area contributed by atoms with Crippen molar-refractivity contribution in [2.24, 2.45) is 0 Å². The standard InChI is InChI=1S/C9H11N3OS/c1-3-5-7(4-2)10-9(13)8-6-14-12-11-8/h1,6-7H,4-5H2,2H3,(H,10,13). The van der Waals surface area contributed by atoms with Crippen LogP contribution in [0.2, 0.25) is 0 Å². The van der Waals surface area contributed by atoms with Gasteiger partial charge in [0.1, 0.15) is 0 Å². The van der Waals surface area contributed by atoms with E-state index in [1.807, 2.05) is 6.92 Å². The minimum Gasteiger partial charge on any atom is -0.347 e. The molecule has 0 aliphatic rings. The van der Waals surface area contributed by atoms with Crippen molar-refractivity contribution in [3.63, 3.8) is 0 Å². The van der Waals surface area contributed by atoms with Crippen LogP contribution in [0.15, 0.2) is 5.38 Å². The second-order valence-corrected chi connectivity index (χ2v) is 3.39. The number of carbonyl (C=O) groups is 1. The Balaban J connectivity index is 2.52. The Bertz CT molecular complexity index is 328. The minimum absolute atomic E-state index is 0.0224. The summed E-state index contributed by atoms with van der Waals surface area (Å²) in [6, 6.07) is 0.0224. The Kier molecular flexibility index (Phi) is 4.08. The normalized spacial score (nSPS) is 11.7. The van der Waals surface area contributed by atoms with Crippen molar-refractivity contribution in [2.75, 3.05) is 0 Å². The summed E-state index contributed by atoms with van der Waals surface area (Å²) in [6.45, 7) is 1.97. The van der Waals surface area contributed by atoms with Gasteiger partial charge in [-0.25, -0.2) is 0 Å². The second kappa shape index (κ2) is 5.35. The zero-order valence-corrected chi connectivity index (χ0v) is 8.67. The lowest BCUT2D eigenvalue weighted by Gasteiger charge is -2.12. The molecule has 1 aromatic rings. The maximum absolute atomic E-state index is 11.5. The summed E-state index contributed by atoms with van der Waals surface area (Å²) in [6.07, 6.45) is 6.53. The molecule has 1 atom stereocenters. The topological polar surface area (TPSA) is 54.9 Å². The molecule has 1 aromatic heterocycles. The Morgan fingerprint density at radius 1 is 1.86 bits per heavy atom. The number of aromatic nitrogens is 2. The number of carbonyl (C=O) groups excluding carboxylic acids is 1. The van der Waals surface area contributed by atoms with Gasteiger partial charge in [0.05, 0.1) is 0 Å². The molecule has 0 aromatic carbocycles. The van der Waals surface area contributed by atoms with E-state index >= 15 is 0 Å². The van der Waals surface area contributed by atoms with E-state index in [1.54, 1.807) is 5.38 Å². The quantitative estimate of drug-likeness (QED) is 0.755. The van der Waals surface area contributed by atoms with Crippen molar-refractivity contribution in [3.8, 4) is 12.3 Å². The van der Waals surface area contributed by atoms with Crippen LogP contribution in [0.1, 0.15) is 30.3 Å². The molecule has 0 saturated heterocycles. The largest absolute Gasteiger partial charge is 0.347 e. The number of nitrogens with one attached hydrogen (secondary N) is 1. The van der Waals surface area contributed by atoms with Crippen molar-refractivity contribution < 1.29 is 4.79 Å². The van der Waals surface area contributed by atoms with Gasteiger partial charge in [-0.05, 0) is 18.0 Å². The van der Waals surface area contributed by atoms with Crippen molar-refractivity contribution in [1.82, 2.24) is 14.9 Å². The van der Waals surface area contributed by atoms with Gasteiger partial charge in [-0.1, -0.05) is 11.4 Å². The van der Waals surface area contributed by atoms with Crippen LogP contribution in [0.3, 0.4) is 0 Å². The average molecular weight is 209 g/mol. The van der Waals surface area contributed by atoms with Crippen LogP contribution in [0.4, 0.5) is 0 Å². The first-order valence-electron chi connectivity index (χ1n) is 4.29. The number of amides is 1. The SMILES string of the molecule is C#CCC(CC)NC(=O)c1csnn1. The predicted molar refractivity (Wildman–Crippen MR) is 54.9 cm³/mol. The summed E-state index contributed by atoms with van der Waals surface area (Å²) in [4.78, 5) is 11.5. The lowest BCUT2D eigenvalue weighted by molar-refractivity contribution is 0.0931. The highest BCUT2D eigenvalue weighted by molar-refractivity contribution is 7.03. The van der Waals surface area contributed by atoms with Gasteiger partial charge in [0.15, 0.2) is 5.69 Å². The molecule has 0 aliphatic heterocycles. The third-order valence-corrected chi connectivity index (χ3v) is 2.29. The van der Waals surface area contributed by atoms with Crippen LogP contribution in [-0.2, 0) is 0 Å². The second-order valence-electron chi connectivity index (χ2n) is 2.78. The average Bonchev–Trinajstić information content (AvgIpc) is 2.69. The van der Waals surface area contributed by atoms with E-state index < -0.39 is 0 Å². The first kappa shape index (κ1) is 10.7. The summed E-state index contributed by atoms with van der Waals surface area (Å²) in [5.74, 6) is 2.31. The number of hydrogen-bond acceptors (Lipinski definition) is 4. The lowest BCUT2D eigenvalue weighted by Crippen LogP contribution is -2.34. The van der Waals surface area contributed by atoms with Gasteiger partial charge in [-0.2, -0.15) is 0 Å². The van der Waals surface area contributed by atoms with Crippen LogP contribution in [0, 0.1) is 12.3 Å². The first-order valence-corrected chi connectivity index (χ1v) is 5.13. The molecule has 1 N–H and O–H groups in total. The van der Waals surface area contributed by atoms with E-state index in [0.717, 1.165) is 18.0 Å². The fraction of sp³-hybridized carbons (Fsp3) is 0.444. The fourth-order valence-corrected chi connectivity index (χ4v) is 1.40. The van der Waals surface area contributed by atoms with Gasteiger partial charge in [0.2, 0.25) is 0 Å². The summed E-state index contributed by atoms with van der Waals surface area (Å²) in [5, 5.41) is 8.07. The van der Waals surface area contributed by atoms with E-state index in [1.165, 1.54) is 0 Å². The van der Waals surface area contributed by atoms with Gasteiger partial charge in [0, 0.05) is 17.8 Å². The van der Waals surface area contributed by atoms with Crippen LogP contribution in [0.5, 0.6) is 0 Å². The molecule has 74 valence electrons. The Morgan fingerprint density at radius 2 is 2.64 bits per heavy atom. The van der Waals surface area contributed by atoms with Gasteiger partial charge < -0.3 is 5.32 Å². The van der Waals surface area contributed by atoms with Gasteiger partial charge in [-0.3, -0.25) is 4.79 Å². The van der Waals surface area contributed by atoms with Gasteiger partial charge >= 0.3 is 0 Å². The van der Waals surface area contributed by atoms with Gasteiger partial charge in [0.25, 0.3) is 5.91 Å². The molecule has 1 rings (SSSR count). The monoisotopic (exact) mass is 209 g/mol. The number of nitrogens with zero attached hydrogens (tertiary/aromatic N) is 2. The Hall–Kier alpha value is -1.41. The molecule has 1 amide bonds. The number of terminal acetylenes is 1. The van der Waals surface area contributed by atoms with E-state index in [9.17, 15) is 4.79 Å². The molecule has 14 heavy (non-hydrogen) atoms. The molecule has 0 radical (unpaired) electrons. The Labute approximate surface area is 86.9 Å². The highest BCUT2D eigenvalue weighted by atomic mass is 32.1. The molecule has 0 bridgehead atoms. The van der Waals surface area contributed by atoms with E-state index in [4.69, 9.17) is 6.42 Å². The molecule has 1 unspecified atom stereocenters. The van der Waals surface area contributed by atoms with Crippen molar-refractivity contribution in [2.45, 2.75) is 25.8 Å². The highest BCUT2D eigenvalue weighted by Gasteiger charge is 2.12. The van der Waals surface area contributed by atoms with Crippen LogP contribution in [0.25, 0.3) is 0 Å². The number of rotatable bonds is 4. The van der Waals surface area contributed by atoms with E-state index in [-0.39, 0.29) is 11.9 Å². The van der Waals surface area contributed by atoms with Crippen molar-refractivity contribution >= 4 is 17.4 Å². The summed E-state index contributed by atoms with van der Waals surface area (Å²) >= 11 is 1.15. The zero-order valence-electron chi connectivity index (χ0n) is 7.86. The molecular weight excluding hydrogens is 198 g/mol. The molecule has 0 fully saturated rings. The molecule has 0 saturated carbocycles. The Morgan fingerprint density at radius 3 is 3.14 bits per heavy atom. The zero-order chi connectivity index (χ0) is 10.4. The predicted octanol–water partition coefficient (Wildman–Crippen LogP) is 1.07. The summed E-state index contributed by atoms with van der Waals surface area (Å²) < 4.78 is 3.61. The summed E-state index contributed by atoms with van der Waals surface area (Å²) in [5.41, 5.74) is 0.352. The maximum atomic E-state index is 11.5. The van der Waals surface area contributed by atoms with Gasteiger partial charge in [-0.15, -0.1) is 17.4 Å². The molecule has 4 nitrogen and oxygen atoms in total. The molecule has 0 aliphatic carbocycles. The molecule has 1 heterocycles. The molecule has 5 heteroatoms. The summed E-state index contributed by atoms with van der Waals surface area (Å²) in [7, 11) is 0. The van der Waals surface area contributed by atoms with E-state index in [2.05, 4.69) is 20.8 Å². The van der Waals surface area contributed by atoms with E-state index in [0.29, 0.717) is 12.1 Å². The highest BCUT2D eigenvalue weighted by Crippen LogP contribution is 2.01. The smallest absolute Gasteiger partial charge is 0.272 e. The minimum atomic E-state index is -0.208. The van der Waals surface area contributed by atoms with Crippen molar-refractivity contribution in [3.05, 3.63) is 11.1 Å². The third-order valence-electron chi connectivity index (χ3n) is 1.78. The lowest BCUT2D eigenvalue weighted by atomic mass is 10.1. The first-order chi connectivity index (χ1) is 6.77. The fourth-order valence-electron chi connectivity index (χ4n) is 0.963. The number of hydrogen-bond donors (Lipinski definition) is 1. The van der Waals surface area contributed by atoms with Crippen LogP contribution >= 0.6 is 11.5 Å².